The first-order valence-electron chi connectivity index (χ1n) is 5.21. The highest BCUT2D eigenvalue weighted by molar-refractivity contribution is 7.99. The summed E-state index contributed by atoms with van der Waals surface area (Å²) in [7, 11) is 0. The summed E-state index contributed by atoms with van der Waals surface area (Å²) in [6.07, 6.45) is 4.21. The van der Waals surface area contributed by atoms with Gasteiger partial charge < -0.3 is 10.2 Å². The Bertz CT molecular complexity index is 409. The third-order valence-corrected chi connectivity index (χ3v) is 3.81. The van der Waals surface area contributed by atoms with Gasteiger partial charge in [-0.2, -0.15) is 0 Å². The quantitative estimate of drug-likeness (QED) is 0.839. The zero-order valence-corrected chi connectivity index (χ0v) is 9.65. The van der Waals surface area contributed by atoms with Gasteiger partial charge >= 0.3 is 0 Å². The van der Waals surface area contributed by atoms with E-state index in [1.165, 1.54) is 5.56 Å². The SMILES string of the molecule is OC1=C(O)C(SCc2ccccc2)CC=C1. The second-order valence-electron chi connectivity index (χ2n) is 3.69. The van der Waals surface area contributed by atoms with Crippen molar-refractivity contribution in [3.8, 4) is 0 Å². The third-order valence-electron chi connectivity index (χ3n) is 2.49. The van der Waals surface area contributed by atoms with Crippen molar-refractivity contribution in [2.24, 2.45) is 0 Å². The summed E-state index contributed by atoms with van der Waals surface area (Å²) in [4.78, 5) is 0. The van der Waals surface area contributed by atoms with E-state index in [0.717, 1.165) is 12.2 Å². The van der Waals surface area contributed by atoms with Gasteiger partial charge in [-0.3, -0.25) is 0 Å². The molecular weight excluding hydrogens is 220 g/mol. The lowest BCUT2D eigenvalue weighted by molar-refractivity contribution is 0.322. The lowest BCUT2D eigenvalue weighted by atomic mass is 10.1. The number of hydrogen-bond donors (Lipinski definition) is 2. The van der Waals surface area contributed by atoms with E-state index in [2.05, 4.69) is 12.1 Å². The molecule has 1 aliphatic rings. The van der Waals surface area contributed by atoms with E-state index in [-0.39, 0.29) is 16.8 Å². The fourth-order valence-corrected chi connectivity index (χ4v) is 2.70. The molecule has 1 unspecified atom stereocenters. The van der Waals surface area contributed by atoms with Crippen LogP contribution in [0.1, 0.15) is 12.0 Å². The van der Waals surface area contributed by atoms with Gasteiger partial charge in [0.1, 0.15) is 5.76 Å². The average molecular weight is 234 g/mol. The van der Waals surface area contributed by atoms with Crippen LogP contribution in [-0.2, 0) is 5.75 Å². The van der Waals surface area contributed by atoms with Gasteiger partial charge in [0.2, 0.25) is 0 Å². The number of hydrogen-bond acceptors (Lipinski definition) is 3. The lowest BCUT2D eigenvalue weighted by Crippen LogP contribution is -2.11. The summed E-state index contributed by atoms with van der Waals surface area (Å²) >= 11 is 1.64. The molecule has 0 amide bonds. The molecule has 0 fully saturated rings. The molecule has 0 saturated heterocycles. The number of benzene rings is 1. The highest BCUT2D eigenvalue weighted by atomic mass is 32.2. The minimum absolute atomic E-state index is 0.00295. The predicted molar refractivity (Wildman–Crippen MR) is 67.6 cm³/mol. The fourth-order valence-electron chi connectivity index (χ4n) is 1.58. The predicted octanol–water partition coefficient (Wildman–Crippen LogP) is 3.58. The summed E-state index contributed by atoms with van der Waals surface area (Å²) in [5.74, 6) is 0.941. The van der Waals surface area contributed by atoms with Gasteiger partial charge in [0, 0.05) is 5.75 Å². The minimum Gasteiger partial charge on any atom is -0.507 e. The lowest BCUT2D eigenvalue weighted by Gasteiger charge is -2.17. The van der Waals surface area contributed by atoms with E-state index in [1.807, 2.05) is 24.3 Å². The van der Waals surface area contributed by atoms with Gasteiger partial charge in [-0.15, -0.1) is 11.8 Å². The molecule has 1 aromatic carbocycles. The zero-order chi connectivity index (χ0) is 11.4. The maximum Gasteiger partial charge on any atom is 0.153 e. The van der Waals surface area contributed by atoms with Crippen molar-refractivity contribution in [1.29, 1.82) is 0 Å². The second-order valence-corrected chi connectivity index (χ2v) is 4.88. The molecule has 0 saturated carbocycles. The van der Waals surface area contributed by atoms with Crippen molar-refractivity contribution < 1.29 is 10.2 Å². The van der Waals surface area contributed by atoms with Gasteiger partial charge in [-0.05, 0) is 18.1 Å². The Balaban J connectivity index is 1.95. The third kappa shape index (κ3) is 2.61. The van der Waals surface area contributed by atoms with Crippen molar-refractivity contribution in [3.63, 3.8) is 0 Å². The molecule has 2 rings (SSSR count). The van der Waals surface area contributed by atoms with Crippen molar-refractivity contribution >= 4 is 11.8 Å². The normalized spacial score (nSPS) is 20.1. The van der Waals surface area contributed by atoms with Gasteiger partial charge in [0.15, 0.2) is 5.76 Å². The minimum atomic E-state index is -0.0230. The van der Waals surface area contributed by atoms with Crippen LogP contribution in [-0.4, -0.2) is 15.5 Å². The molecule has 84 valence electrons. The summed E-state index contributed by atoms with van der Waals surface area (Å²) in [6, 6.07) is 10.1. The number of rotatable bonds is 3. The Kier molecular flexibility index (Phi) is 3.57. The summed E-state index contributed by atoms with van der Waals surface area (Å²) in [5.41, 5.74) is 1.23. The number of allylic oxidation sites excluding steroid dienone is 2. The van der Waals surface area contributed by atoms with Crippen LogP contribution in [0.3, 0.4) is 0 Å². The van der Waals surface area contributed by atoms with E-state index in [1.54, 1.807) is 17.8 Å². The van der Waals surface area contributed by atoms with Crippen molar-refractivity contribution in [2.45, 2.75) is 17.4 Å². The molecule has 16 heavy (non-hydrogen) atoms. The average Bonchev–Trinajstić information content (AvgIpc) is 2.32. The highest BCUT2D eigenvalue weighted by Crippen LogP contribution is 2.29. The summed E-state index contributed by atoms with van der Waals surface area (Å²) in [6.45, 7) is 0. The smallest absolute Gasteiger partial charge is 0.153 e. The first kappa shape index (κ1) is 11.1. The Morgan fingerprint density at radius 1 is 1.19 bits per heavy atom. The van der Waals surface area contributed by atoms with E-state index in [0.29, 0.717) is 0 Å². The zero-order valence-electron chi connectivity index (χ0n) is 8.84. The molecule has 2 nitrogen and oxygen atoms in total. The van der Waals surface area contributed by atoms with Crippen LogP contribution >= 0.6 is 11.8 Å². The van der Waals surface area contributed by atoms with Crippen molar-refractivity contribution in [3.05, 3.63) is 59.6 Å². The standard InChI is InChI=1S/C13H14O2S/c14-11-7-4-8-12(13(11)15)16-9-10-5-2-1-3-6-10/h1-7,12,14-15H,8-9H2. The maximum absolute atomic E-state index is 9.67. The van der Waals surface area contributed by atoms with Crippen LogP contribution in [0.25, 0.3) is 0 Å². The van der Waals surface area contributed by atoms with E-state index < -0.39 is 0 Å². The van der Waals surface area contributed by atoms with Gasteiger partial charge in [-0.1, -0.05) is 36.4 Å². The van der Waals surface area contributed by atoms with E-state index in [4.69, 9.17) is 0 Å². The Labute approximate surface area is 99.3 Å². The summed E-state index contributed by atoms with van der Waals surface area (Å²) < 4.78 is 0. The first-order valence-corrected chi connectivity index (χ1v) is 6.26. The topological polar surface area (TPSA) is 40.5 Å². The van der Waals surface area contributed by atoms with Crippen LogP contribution in [0, 0.1) is 0 Å². The molecular formula is C13H14O2S. The molecule has 1 aromatic rings. The second kappa shape index (κ2) is 5.12. The fraction of sp³-hybridized carbons (Fsp3) is 0.231. The molecule has 0 aromatic heterocycles. The Hall–Kier alpha value is -1.35. The molecule has 0 spiro atoms. The molecule has 1 atom stereocenters. The van der Waals surface area contributed by atoms with Crippen LogP contribution in [0.5, 0.6) is 0 Å². The molecule has 1 aliphatic carbocycles. The van der Waals surface area contributed by atoms with Crippen LogP contribution in [0.4, 0.5) is 0 Å². The molecule has 2 N–H and O–H groups in total. The van der Waals surface area contributed by atoms with E-state index >= 15 is 0 Å². The summed E-state index contributed by atoms with van der Waals surface area (Å²) in [5, 5.41) is 19.0. The highest BCUT2D eigenvalue weighted by Gasteiger charge is 2.19. The number of thioether (sulfide) groups is 1. The Morgan fingerprint density at radius 3 is 2.69 bits per heavy atom. The van der Waals surface area contributed by atoms with Gasteiger partial charge in [0.05, 0.1) is 5.25 Å². The van der Waals surface area contributed by atoms with Crippen LogP contribution in [0.2, 0.25) is 0 Å². The number of aliphatic hydroxyl groups excluding tert-OH is 2. The van der Waals surface area contributed by atoms with Crippen molar-refractivity contribution in [2.75, 3.05) is 0 Å². The monoisotopic (exact) mass is 234 g/mol. The van der Waals surface area contributed by atoms with Crippen LogP contribution < -0.4 is 0 Å². The molecule has 0 radical (unpaired) electrons. The molecule has 0 heterocycles. The van der Waals surface area contributed by atoms with Gasteiger partial charge in [0.25, 0.3) is 0 Å². The maximum atomic E-state index is 9.67. The largest absolute Gasteiger partial charge is 0.507 e. The molecule has 3 heteroatoms. The van der Waals surface area contributed by atoms with Crippen LogP contribution in [0.15, 0.2) is 54.0 Å². The molecule has 0 aliphatic heterocycles. The number of aliphatic hydroxyl groups is 2. The van der Waals surface area contributed by atoms with Gasteiger partial charge in [-0.25, -0.2) is 0 Å². The molecule has 0 bridgehead atoms. The van der Waals surface area contributed by atoms with Crippen molar-refractivity contribution in [1.82, 2.24) is 0 Å². The van der Waals surface area contributed by atoms with E-state index in [9.17, 15) is 10.2 Å². The first-order chi connectivity index (χ1) is 7.77. The Morgan fingerprint density at radius 2 is 1.94 bits per heavy atom.